The van der Waals surface area contributed by atoms with Crippen LogP contribution in [0.25, 0.3) is 0 Å². The van der Waals surface area contributed by atoms with Crippen molar-refractivity contribution in [2.45, 2.75) is 18.9 Å². The second kappa shape index (κ2) is 4.91. The number of hydrogen-bond donors (Lipinski definition) is 2. The Labute approximate surface area is 101 Å². The molecule has 1 saturated carbocycles. The molecular weight excluding hydrogens is 244 g/mol. The van der Waals surface area contributed by atoms with Gasteiger partial charge in [-0.25, -0.2) is 13.1 Å². The number of ether oxygens (including phenoxy) is 1. The van der Waals surface area contributed by atoms with Crippen LogP contribution in [0.5, 0.6) is 0 Å². The highest BCUT2D eigenvalue weighted by molar-refractivity contribution is 7.89. The standard InChI is InChI=1S/C10H18N2O4S/c1-16-9(13)3-2-4-17(14,15)12-10-7-5-11-6-8(7)10/h7-8,10-12H,2-6H2,1H3. The van der Waals surface area contributed by atoms with Gasteiger partial charge in [0.05, 0.1) is 12.9 Å². The number of rotatable bonds is 6. The summed E-state index contributed by atoms with van der Waals surface area (Å²) in [6, 6.07) is 0.111. The minimum Gasteiger partial charge on any atom is -0.469 e. The highest BCUT2D eigenvalue weighted by Crippen LogP contribution is 2.41. The van der Waals surface area contributed by atoms with Crippen molar-refractivity contribution >= 4 is 16.0 Å². The third-order valence-electron chi connectivity index (χ3n) is 3.43. The van der Waals surface area contributed by atoms with Gasteiger partial charge in [-0.05, 0) is 31.3 Å². The number of carbonyl (C=O) groups is 1. The summed E-state index contributed by atoms with van der Waals surface area (Å²) in [6.45, 7) is 1.81. The third kappa shape index (κ3) is 3.17. The molecule has 0 aromatic heterocycles. The second-order valence-corrected chi connectivity index (χ2v) is 6.50. The van der Waals surface area contributed by atoms with Crippen molar-refractivity contribution in [2.24, 2.45) is 11.8 Å². The van der Waals surface area contributed by atoms with Crippen molar-refractivity contribution in [1.29, 1.82) is 0 Å². The molecule has 0 bridgehead atoms. The quantitative estimate of drug-likeness (QED) is 0.605. The zero-order valence-electron chi connectivity index (χ0n) is 9.81. The van der Waals surface area contributed by atoms with Crippen molar-refractivity contribution < 1.29 is 17.9 Å². The van der Waals surface area contributed by atoms with E-state index in [1.807, 2.05) is 0 Å². The lowest BCUT2D eigenvalue weighted by atomic mass is 10.3. The highest BCUT2D eigenvalue weighted by Gasteiger charge is 2.54. The van der Waals surface area contributed by atoms with Crippen molar-refractivity contribution in [3.05, 3.63) is 0 Å². The number of methoxy groups -OCH3 is 1. The molecular formula is C10H18N2O4S. The van der Waals surface area contributed by atoms with Crippen LogP contribution in [0, 0.1) is 11.8 Å². The van der Waals surface area contributed by atoms with Crippen LogP contribution < -0.4 is 10.0 Å². The molecule has 1 aliphatic heterocycles. The van der Waals surface area contributed by atoms with Crippen LogP contribution in [0.4, 0.5) is 0 Å². The van der Waals surface area contributed by atoms with Gasteiger partial charge in [-0.3, -0.25) is 4.79 Å². The number of nitrogens with one attached hydrogen (secondary N) is 2. The molecule has 17 heavy (non-hydrogen) atoms. The number of carbonyl (C=O) groups excluding carboxylic acids is 1. The maximum Gasteiger partial charge on any atom is 0.305 e. The first-order valence-electron chi connectivity index (χ1n) is 5.81. The molecule has 2 N–H and O–H groups in total. The number of sulfonamides is 1. The smallest absolute Gasteiger partial charge is 0.305 e. The fraction of sp³-hybridized carbons (Fsp3) is 0.900. The Hall–Kier alpha value is -0.660. The molecule has 0 aromatic carbocycles. The summed E-state index contributed by atoms with van der Waals surface area (Å²) in [5.41, 5.74) is 0. The lowest BCUT2D eigenvalue weighted by Gasteiger charge is -2.08. The molecule has 6 nitrogen and oxygen atoms in total. The molecule has 2 unspecified atom stereocenters. The molecule has 1 aliphatic carbocycles. The fourth-order valence-electron chi connectivity index (χ4n) is 2.37. The van der Waals surface area contributed by atoms with Crippen molar-refractivity contribution in [1.82, 2.24) is 10.0 Å². The van der Waals surface area contributed by atoms with Crippen LogP contribution in [0.3, 0.4) is 0 Å². The summed E-state index contributed by atoms with van der Waals surface area (Å²) in [5.74, 6) is 0.550. The predicted octanol–water partition coefficient (Wildman–Crippen LogP) is -0.923. The van der Waals surface area contributed by atoms with E-state index in [4.69, 9.17) is 0 Å². The van der Waals surface area contributed by atoms with Crippen LogP contribution in [-0.4, -0.2) is 46.4 Å². The minimum absolute atomic E-state index is 0.00846. The second-order valence-electron chi connectivity index (χ2n) is 4.63. The van der Waals surface area contributed by atoms with Gasteiger partial charge >= 0.3 is 5.97 Å². The molecule has 1 saturated heterocycles. The first-order chi connectivity index (χ1) is 8.03. The van der Waals surface area contributed by atoms with Gasteiger partial charge in [0.2, 0.25) is 10.0 Å². The summed E-state index contributed by atoms with van der Waals surface area (Å²) in [4.78, 5) is 10.8. The van der Waals surface area contributed by atoms with Crippen LogP contribution in [0.2, 0.25) is 0 Å². The van der Waals surface area contributed by atoms with Crippen LogP contribution in [0.1, 0.15) is 12.8 Å². The molecule has 0 aromatic rings. The van der Waals surface area contributed by atoms with Crippen LogP contribution in [-0.2, 0) is 19.6 Å². The van der Waals surface area contributed by atoms with Gasteiger partial charge in [-0.2, -0.15) is 0 Å². The summed E-state index contributed by atoms with van der Waals surface area (Å²) in [7, 11) is -1.95. The van der Waals surface area contributed by atoms with E-state index in [2.05, 4.69) is 14.8 Å². The van der Waals surface area contributed by atoms with E-state index in [9.17, 15) is 13.2 Å². The van der Waals surface area contributed by atoms with Crippen molar-refractivity contribution in [3.8, 4) is 0 Å². The molecule has 0 spiro atoms. The average molecular weight is 262 g/mol. The normalized spacial score (nSPS) is 31.0. The molecule has 1 heterocycles. The Morgan fingerprint density at radius 3 is 2.65 bits per heavy atom. The molecule has 0 amide bonds. The van der Waals surface area contributed by atoms with Gasteiger partial charge in [-0.1, -0.05) is 0 Å². The Morgan fingerprint density at radius 1 is 1.41 bits per heavy atom. The lowest BCUT2D eigenvalue weighted by Crippen LogP contribution is -2.34. The average Bonchev–Trinajstić information content (AvgIpc) is 2.74. The van der Waals surface area contributed by atoms with E-state index in [-0.39, 0.29) is 24.2 Å². The Kier molecular flexibility index (Phi) is 3.70. The molecule has 2 rings (SSSR count). The predicted molar refractivity (Wildman–Crippen MR) is 61.8 cm³/mol. The SMILES string of the molecule is COC(=O)CCCS(=O)(=O)NC1C2CNCC21. The van der Waals surface area contributed by atoms with E-state index in [0.717, 1.165) is 13.1 Å². The monoisotopic (exact) mass is 262 g/mol. The van der Waals surface area contributed by atoms with Crippen LogP contribution >= 0.6 is 0 Å². The van der Waals surface area contributed by atoms with E-state index in [0.29, 0.717) is 18.3 Å². The Morgan fingerprint density at radius 2 is 2.06 bits per heavy atom. The Balaban J connectivity index is 1.70. The maximum absolute atomic E-state index is 11.7. The van der Waals surface area contributed by atoms with E-state index in [1.165, 1.54) is 7.11 Å². The molecule has 2 atom stereocenters. The zero-order chi connectivity index (χ0) is 12.5. The van der Waals surface area contributed by atoms with Gasteiger partial charge in [0, 0.05) is 12.5 Å². The highest BCUT2D eigenvalue weighted by atomic mass is 32.2. The van der Waals surface area contributed by atoms with E-state index < -0.39 is 10.0 Å². The zero-order valence-corrected chi connectivity index (χ0v) is 10.6. The largest absolute Gasteiger partial charge is 0.469 e. The molecule has 2 aliphatic rings. The summed E-state index contributed by atoms with van der Waals surface area (Å²) in [6.07, 6.45) is 0.457. The summed E-state index contributed by atoms with van der Waals surface area (Å²) >= 11 is 0. The van der Waals surface area contributed by atoms with Crippen molar-refractivity contribution in [2.75, 3.05) is 26.0 Å². The number of piperidine rings is 1. The van der Waals surface area contributed by atoms with E-state index >= 15 is 0 Å². The Bertz CT molecular complexity index is 385. The van der Waals surface area contributed by atoms with Crippen molar-refractivity contribution in [3.63, 3.8) is 0 Å². The summed E-state index contributed by atoms with van der Waals surface area (Å²) in [5, 5.41) is 3.21. The molecule has 7 heteroatoms. The lowest BCUT2D eigenvalue weighted by molar-refractivity contribution is -0.140. The van der Waals surface area contributed by atoms with E-state index in [1.54, 1.807) is 0 Å². The topological polar surface area (TPSA) is 84.5 Å². The maximum atomic E-state index is 11.7. The van der Waals surface area contributed by atoms with Crippen LogP contribution in [0.15, 0.2) is 0 Å². The van der Waals surface area contributed by atoms with Gasteiger partial charge in [-0.15, -0.1) is 0 Å². The molecule has 2 fully saturated rings. The first-order valence-corrected chi connectivity index (χ1v) is 7.46. The molecule has 98 valence electrons. The van der Waals surface area contributed by atoms with Gasteiger partial charge in [0.25, 0.3) is 0 Å². The summed E-state index contributed by atoms with van der Waals surface area (Å²) < 4.78 is 30.6. The number of fused-ring (bicyclic) bond motifs is 1. The fourth-order valence-corrected chi connectivity index (χ4v) is 3.77. The minimum atomic E-state index is -3.25. The van der Waals surface area contributed by atoms with Gasteiger partial charge in [0.1, 0.15) is 0 Å². The molecule has 0 radical (unpaired) electrons. The van der Waals surface area contributed by atoms with Gasteiger partial charge < -0.3 is 10.1 Å². The first kappa shape index (κ1) is 12.8. The number of esters is 1. The number of hydrogen-bond acceptors (Lipinski definition) is 5. The van der Waals surface area contributed by atoms with Gasteiger partial charge in [0.15, 0.2) is 0 Å². The third-order valence-corrected chi connectivity index (χ3v) is 4.89.